The number of carbonyl (C=O) groups excluding carboxylic acids is 1. The Labute approximate surface area is 121 Å². The molecule has 0 aliphatic carbocycles. The third kappa shape index (κ3) is 4.05. The number of nitrogens with one attached hydrogen (secondary N) is 1. The van der Waals surface area contributed by atoms with E-state index >= 15 is 0 Å². The van der Waals surface area contributed by atoms with Crippen LogP contribution in [0.3, 0.4) is 0 Å². The van der Waals surface area contributed by atoms with Crippen LogP contribution in [-0.4, -0.2) is 36.5 Å². The summed E-state index contributed by atoms with van der Waals surface area (Å²) < 4.78 is 0. The SMILES string of the molecule is CCc1cccc(NC(=O)CN2CCC(N)C(C)C2)c1. The van der Waals surface area contributed by atoms with E-state index in [1.807, 2.05) is 18.2 Å². The number of hydrogen-bond acceptors (Lipinski definition) is 3. The van der Waals surface area contributed by atoms with E-state index in [4.69, 9.17) is 5.73 Å². The number of piperidine rings is 1. The lowest BCUT2D eigenvalue weighted by molar-refractivity contribution is -0.117. The average molecular weight is 275 g/mol. The fraction of sp³-hybridized carbons (Fsp3) is 0.562. The Morgan fingerprint density at radius 1 is 1.50 bits per heavy atom. The summed E-state index contributed by atoms with van der Waals surface area (Å²) in [5, 5.41) is 2.98. The number of aryl methyl sites for hydroxylation is 1. The maximum atomic E-state index is 12.1. The fourth-order valence-corrected chi connectivity index (χ4v) is 2.67. The second kappa shape index (κ2) is 6.86. The minimum absolute atomic E-state index is 0.0564. The molecule has 0 bridgehead atoms. The van der Waals surface area contributed by atoms with E-state index in [0.29, 0.717) is 12.5 Å². The summed E-state index contributed by atoms with van der Waals surface area (Å²) in [6.07, 6.45) is 1.95. The van der Waals surface area contributed by atoms with Gasteiger partial charge in [0.15, 0.2) is 0 Å². The first-order valence-corrected chi connectivity index (χ1v) is 7.45. The smallest absolute Gasteiger partial charge is 0.238 e. The van der Waals surface area contributed by atoms with Gasteiger partial charge in [-0.1, -0.05) is 26.0 Å². The Balaban J connectivity index is 1.86. The van der Waals surface area contributed by atoms with Gasteiger partial charge in [-0.05, 0) is 36.5 Å². The standard InChI is InChI=1S/C16H25N3O/c1-3-13-5-4-6-14(9-13)18-16(20)11-19-8-7-15(17)12(2)10-19/h4-6,9,12,15H,3,7-8,10-11,17H2,1-2H3,(H,18,20). The molecular formula is C16H25N3O. The van der Waals surface area contributed by atoms with Gasteiger partial charge in [-0.15, -0.1) is 0 Å². The van der Waals surface area contributed by atoms with Crippen molar-refractivity contribution < 1.29 is 4.79 Å². The molecule has 1 aromatic carbocycles. The number of likely N-dealkylation sites (tertiary alicyclic amines) is 1. The molecule has 4 heteroatoms. The highest BCUT2D eigenvalue weighted by molar-refractivity contribution is 5.92. The molecule has 1 fully saturated rings. The molecule has 0 saturated carbocycles. The zero-order chi connectivity index (χ0) is 14.5. The Bertz CT molecular complexity index is 461. The molecule has 1 heterocycles. The van der Waals surface area contributed by atoms with Crippen LogP contribution in [0.15, 0.2) is 24.3 Å². The van der Waals surface area contributed by atoms with E-state index in [0.717, 1.165) is 31.6 Å². The van der Waals surface area contributed by atoms with Gasteiger partial charge in [-0.2, -0.15) is 0 Å². The van der Waals surface area contributed by atoms with Gasteiger partial charge in [0.25, 0.3) is 0 Å². The Morgan fingerprint density at radius 3 is 3.00 bits per heavy atom. The number of benzene rings is 1. The van der Waals surface area contributed by atoms with Crippen LogP contribution in [0, 0.1) is 5.92 Å². The van der Waals surface area contributed by atoms with Crippen molar-refractivity contribution in [2.45, 2.75) is 32.7 Å². The molecular weight excluding hydrogens is 250 g/mol. The fourth-order valence-electron chi connectivity index (χ4n) is 2.67. The van der Waals surface area contributed by atoms with E-state index in [9.17, 15) is 4.79 Å². The highest BCUT2D eigenvalue weighted by Gasteiger charge is 2.24. The molecule has 1 saturated heterocycles. The highest BCUT2D eigenvalue weighted by atomic mass is 16.2. The van der Waals surface area contributed by atoms with Gasteiger partial charge < -0.3 is 11.1 Å². The summed E-state index contributed by atoms with van der Waals surface area (Å²) in [4.78, 5) is 14.3. The Morgan fingerprint density at radius 2 is 2.30 bits per heavy atom. The van der Waals surface area contributed by atoms with Crippen LogP contribution >= 0.6 is 0 Å². The normalized spacial score (nSPS) is 23.6. The predicted octanol–water partition coefficient (Wildman–Crippen LogP) is 1.86. The average Bonchev–Trinajstić information content (AvgIpc) is 2.43. The number of nitrogens with two attached hydrogens (primary N) is 1. The molecule has 1 aliphatic heterocycles. The monoisotopic (exact) mass is 275 g/mol. The minimum Gasteiger partial charge on any atom is -0.327 e. The number of amides is 1. The second-order valence-corrected chi connectivity index (χ2v) is 5.77. The number of anilines is 1. The molecule has 3 N–H and O–H groups in total. The largest absolute Gasteiger partial charge is 0.327 e. The van der Waals surface area contributed by atoms with Crippen molar-refractivity contribution in [3.05, 3.63) is 29.8 Å². The molecule has 2 unspecified atom stereocenters. The first kappa shape index (κ1) is 15.0. The lowest BCUT2D eigenvalue weighted by atomic mass is 9.95. The van der Waals surface area contributed by atoms with Gasteiger partial charge >= 0.3 is 0 Å². The predicted molar refractivity (Wildman–Crippen MR) is 82.6 cm³/mol. The maximum absolute atomic E-state index is 12.1. The minimum atomic E-state index is 0.0564. The van der Waals surface area contributed by atoms with Crippen LogP contribution < -0.4 is 11.1 Å². The number of nitrogens with zero attached hydrogens (tertiary/aromatic N) is 1. The topological polar surface area (TPSA) is 58.4 Å². The molecule has 0 aromatic heterocycles. The van der Waals surface area contributed by atoms with Gasteiger partial charge in [0.05, 0.1) is 6.54 Å². The molecule has 0 radical (unpaired) electrons. The van der Waals surface area contributed by atoms with Crippen molar-refractivity contribution in [1.82, 2.24) is 4.90 Å². The molecule has 0 spiro atoms. The van der Waals surface area contributed by atoms with Gasteiger partial charge in [0, 0.05) is 24.8 Å². The van der Waals surface area contributed by atoms with E-state index in [-0.39, 0.29) is 11.9 Å². The first-order chi connectivity index (χ1) is 9.58. The quantitative estimate of drug-likeness (QED) is 0.882. The number of carbonyl (C=O) groups is 1. The molecule has 2 atom stereocenters. The lowest BCUT2D eigenvalue weighted by Gasteiger charge is -2.34. The van der Waals surface area contributed by atoms with Crippen LogP contribution in [0.1, 0.15) is 25.8 Å². The third-order valence-corrected chi connectivity index (χ3v) is 4.04. The van der Waals surface area contributed by atoms with Gasteiger partial charge in [0.2, 0.25) is 5.91 Å². The van der Waals surface area contributed by atoms with Gasteiger partial charge in [-0.3, -0.25) is 9.69 Å². The van der Waals surface area contributed by atoms with Crippen molar-refractivity contribution in [2.75, 3.05) is 25.0 Å². The summed E-state index contributed by atoms with van der Waals surface area (Å²) in [7, 11) is 0. The molecule has 4 nitrogen and oxygen atoms in total. The molecule has 110 valence electrons. The summed E-state index contributed by atoms with van der Waals surface area (Å²) in [6.45, 7) is 6.53. The van der Waals surface area contributed by atoms with Crippen LogP contribution in [0.2, 0.25) is 0 Å². The zero-order valence-electron chi connectivity index (χ0n) is 12.4. The number of hydrogen-bond donors (Lipinski definition) is 2. The van der Waals surface area contributed by atoms with E-state index in [1.165, 1.54) is 5.56 Å². The van der Waals surface area contributed by atoms with E-state index in [1.54, 1.807) is 0 Å². The van der Waals surface area contributed by atoms with Crippen LogP contribution in [0.25, 0.3) is 0 Å². The van der Waals surface area contributed by atoms with Crippen LogP contribution in [0.4, 0.5) is 5.69 Å². The molecule has 2 rings (SSSR count). The summed E-state index contributed by atoms with van der Waals surface area (Å²) >= 11 is 0. The molecule has 1 amide bonds. The summed E-state index contributed by atoms with van der Waals surface area (Å²) in [5.74, 6) is 0.515. The maximum Gasteiger partial charge on any atom is 0.238 e. The third-order valence-electron chi connectivity index (χ3n) is 4.04. The van der Waals surface area contributed by atoms with E-state index in [2.05, 4.69) is 30.1 Å². The summed E-state index contributed by atoms with van der Waals surface area (Å²) in [6, 6.07) is 8.30. The summed E-state index contributed by atoms with van der Waals surface area (Å²) in [5.41, 5.74) is 8.12. The van der Waals surface area contributed by atoms with Gasteiger partial charge in [0.1, 0.15) is 0 Å². The van der Waals surface area contributed by atoms with Crippen LogP contribution in [-0.2, 0) is 11.2 Å². The Hall–Kier alpha value is -1.39. The highest BCUT2D eigenvalue weighted by Crippen LogP contribution is 2.15. The molecule has 1 aliphatic rings. The zero-order valence-corrected chi connectivity index (χ0v) is 12.4. The van der Waals surface area contributed by atoms with Crippen molar-refractivity contribution in [3.63, 3.8) is 0 Å². The van der Waals surface area contributed by atoms with E-state index < -0.39 is 0 Å². The second-order valence-electron chi connectivity index (χ2n) is 5.77. The lowest BCUT2D eigenvalue weighted by Crippen LogP contribution is -2.48. The first-order valence-electron chi connectivity index (χ1n) is 7.45. The van der Waals surface area contributed by atoms with Gasteiger partial charge in [-0.25, -0.2) is 0 Å². The van der Waals surface area contributed by atoms with Crippen molar-refractivity contribution in [1.29, 1.82) is 0 Å². The number of rotatable bonds is 4. The van der Waals surface area contributed by atoms with Crippen LogP contribution in [0.5, 0.6) is 0 Å². The van der Waals surface area contributed by atoms with Crippen molar-refractivity contribution in [2.24, 2.45) is 11.7 Å². The van der Waals surface area contributed by atoms with Crippen molar-refractivity contribution >= 4 is 11.6 Å². The molecule has 20 heavy (non-hydrogen) atoms. The van der Waals surface area contributed by atoms with Crippen molar-refractivity contribution in [3.8, 4) is 0 Å². The molecule has 1 aromatic rings. The Kier molecular flexibility index (Phi) is 5.15.